The topological polar surface area (TPSA) is 87.1 Å². The van der Waals surface area contributed by atoms with Crippen molar-refractivity contribution in [1.29, 1.82) is 0 Å². The molecule has 2 aromatic heterocycles. The second kappa shape index (κ2) is 7.22. The van der Waals surface area contributed by atoms with Gasteiger partial charge in [-0.25, -0.2) is 4.39 Å². The zero-order valence-electron chi connectivity index (χ0n) is 15.6. The molecule has 3 rings (SSSR count). The molecule has 8 heteroatoms. The van der Waals surface area contributed by atoms with E-state index in [2.05, 4.69) is 0 Å². The molecule has 28 heavy (non-hydrogen) atoms. The van der Waals surface area contributed by atoms with Crippen LogP contribution in [0.4, 0.5) is 10.1 Å². The Bertz CT molecular complexity index is 1160. The van der Waals surface area contributed by atoms with E-state index in [0.29, 0.717) is 22.5 Å². The van der Waals surface area contributed by atoms with E-state index in [1.54, 1.807) is 43.5 Å². The predicted molar refractivity (Wildman–Crippen MR) is 102 cm³/mol. The van der Waals surface area contributed by atoms with Crippen molar-refractivity contribution in [2.75, 3.05) is 0 Å². The molecule has 0 aliphatic rings. The highest BCUT2D eigenvalue weighted by Crippen LogP contribution is 2.23. The van der Waals surface area contributed by atoms with Gasteiger partial charge in [0.2, 0.25) is 0 Å². The van der Waals surface area contributed by atoms with E-state index < -0.39 is 10.5 Å². The second-order valence-electron chi connectivity index (χ2n) is 6.59. The van der Waals surface area contributed by atoms with Gasteiger partial charge in [-0.05, 0) is 44.5 Å². The van der Waals surface area contributed by atoms with Gasteiger partial charge in [0.25, 0.3) is 11.2 Å². The minimum atomic E-state index is -0.627. The van der Waals surface area contributed by atoms with Crippen molar-refractivity contribution in [2.45, 2.75) is 27.3 Å². The maximum atomic E-state index is 14.0. The highest BCUT2D eigenvalue weighted by Gasteiger charge is 2.19. The van der Waals surface area contributed by atoms with E-state index in [-0.39, 0.29) is 23.8 Å². The molecule has 0 saturated heterocycles. The van der Waals surface area contributed by atoms with E-state index in [9.17, 15) is 24.1 Å². The van der Waals surface area contributed by atoms with Crippen molar-refractivity contribution in [1.82, 2.24) is 9.13 Å². The third-order valence-corrected chi connectivity index (χ3v) is 4.64. The molecule has 0 radical (unpaired) electrons. The van der Waals surface area contributed by atoms with Crippen molar-refractivity contribution < 1.29 is 14.1 Å². The monoisotopic (exact) mass is 383 g/mol. The maximum absolute atomic E-state index is 14.0. The Kier molecular flexibility index (Phi) is 4.96. The summed E-state index contributed by atoms with van der Waals surface area (Å²) < 4.78 is 16.7. The number of hydrogen-bond acceptors (Lipinski definition) is 4. The first-order valence-electron chi connectivity index (χ1n) is 8.52. The number of carbonyl (C=O) groups is 1. The van der Waals surface area contributed by atoms with Crippen LogP contribution in [0.1, 0.15) is 27.3 Å². The summed E-state index contributed by atoms with van der Waals surface area (Å²) in [5.74, 6) is -0.712. The zero-order chi connectivity index (χ0) is 20.6. The van der Waals surface area contributed by atoms with Crippen molar-refractivity contribution in [3.05, 3.63) is 91.4 Å². The van der Waals surface area contributed by atoms with Crippen LogP contribution in [0.3, 0.4) is 0 Å². The average molecular weight is 383 g/mol. The van der Waals surface area contributed by atoms with Gasteiger partial charge in [-0.2, -0.15) is 0 Å². The highest BCUT2D eigenvalue weighted by molar-refractivity contribution is 5.97. The molecule has 2 heterocycles. The van der Waals surface area contributed by atoms with Crippen molar-refractivity contribution in [2.24, 2.45) is 0 Å². The van der Waals surface area contributed by atoms with E-state index in [1.165, 1.54) is 6.07 Å². The molecule has 0 bridgehead atoms. The first kappa shape index (κ1) is 19.2. The Morgan fingerprint density at radius 1 is 1.14 bits per heavy atom. The number of Topliss-reactive ketones (excluding diaryl/α,β-unsaturated/α-hetero) is 1. The molecule has 0 saturated carbocycles. The van der Waals surface area contributed by atoms with Crippen LogP contribution in [-0.4, -0.2) is 19.8 Å². The number of rotatable bonds is 5. The van der Waals surface area contributed by atoms with Gasteiger partial charge in [-0.1, -0.05) is 6.07 Å². The highest BCUT2D eigenvalue weighted by atomic mass is 19.1. The molecule has 3 aromatic rings. The van der Waals surface area contributed by atoms with Crippen LogP contribution in [0.2, 0.25) is 0 Å². The van der Waals surface area contributed by atoms with Gasteiger partial charge in [-0.15, -0.1) is 0 Å². The number of halogens is 1. The smallest absolute Gasteiger partial charge is 0.285 e. The summed E-state index contributed by atoms with van der Waals surface area (Å²) in [5, 5.41) is 10.9. The van der Waals surface area contributed by atoms with Crippen LogP contribution in [0.15, 0.2) is 47.4 Å². The second-order valence-corrected chi connectivity index (χ2v) is 6.59. The molecule has 0 unspecified atom stereocenters. The minimum Gasteiger partial charge on any atom is -0.318 e. The van der Waals surface area contributed by atoms with Gasteiger partial charge in [0, 0.05) is 34.8 Å². The Morgan fingerprint density at radius 2 is 1.86 bits per heavy atom. The number of nitro groups is 1. The summed E-state index contributed by atoms with van der Waals surface area (Å²) in [6, 6.07) is 8.64. The number of nitrogens with zero attached hydrogens (tertiary/aromatic N) is 3. The SMILES string of the molecule is Cc1ccc(-n2c(C)cc(C(=O)Cn3cc([N+](=O)[O-])ccc3=O)c2C)cc1F. The average Bonchev–Trinajstić information content (AvgIpc) is 2.93. The van der Waals surface area contributed by atoms with E-state index >= 15 is 0 Å². The summed E-state index contributed by atoms with van der Waals surface area (Å²) in [6.07, 6.45) is 1.05. The fraction of sp³-hybridized carbons (Fsp3) is 0.200. The minimum absolute atomic E-state index is 0.270. The number of benzene rings is 1. The lowest BCUT2D eigenvalue weighted by atomic mass is 10.1. The number of aromatic nitrogens is 2. The van der Waals surface area contributed by atoms with Crippen LogP contribution in [0.25, 0.3) is 5.69 Å². The lowest BCUT2D eigenvalue weighted by molar-refractivity contribution is -0.385. The van der Waals surface area contributed by atoms with Gasteiger partial charge >= 0.3 is 0 Å². The Balaban J connectivity index is 1.98. The van der Waals surface area contributed by atoms with Crippen molar-refractivity contribution >= 4 is 11.5 Å². The standard InChI is InChI=1S/C20H18FN3O4/c1-12-4-5-15(9-18(12)21)23-13(2)8-17(14(23)3)19(25)11-22-10-16(24(27)28)6-7-20(22)26/h4-10H,11H2,1-3H3. The molecule has 0 fully saturated rings. The number of aryl methyl sites for hydroxylation is 2. The Hall–Kier alpha value is -3.55. The first-order chi connectivity index (χ1) is 13.2. The molecule has 0 amide bonds. The van der Waals surface area contributed by atoms with E-state index in [4.69, 9.17) is 0 Å². The quantitative estimate of drug-likeness (QED) is 0.383. The predicted octanol–water partition coefficient (Wildman–Crippen LogP) is 3.49. The molecule has 144 valence electrons. The largest absolute Gasteiger partial charge is 0.318 e. The summed E-state index contributed by atoms with van der Waals surface area (Å²) >= 11 is 0. The number of ketones is 1. The molecule has 0 aliphatic carbocycles. The van der Waals surface area contributed by atoms with E-state index in [0.717, 1.165) is 28.6 Å². The van der Waals surface area contributed by atoms with Crippen LogP contribution < -0.4 is 5.56 Å². The third-order valence-electron chi connectivity index (χ3n) is 4.64. The molecule has 0 aliphatic heterocycles. The van der Waals surface area contributed by atoms with Gasteiger partial charge in [0.1, 0.15) is 5.82 Å². The molecule has 1 aromatic carbocycles. The summed E-state index contributed by atoms with van der Waals surface area (Å²) in [7, 11) is 0. The lowest BCUT2D eigenvalue weighted by Gasteiger charge is -2.11. The Labute approximate surface area is 159 Å². The van der Waals surface area contributed by atoms with Crippen LogP contribution >= 0.6 is 0 Å². The number of hydrogen-bond donors (Lipinski definition) is 0. The fourth-order valence-electron chi connectivity index (χ4n) is 3.15. The van der Waals surface area contributed by atoms with Crippen molar-refractivity contribution in [3.8, 4) is 5.69 Å². The molecular formula is C20H18FN3O4. The summed E-state index contributed by atoms with van der Waals surface area (Å²) in [5.41, 5.74) is 2.04. The van der Waals surface area contributed by atoms with Crippen LogP contribution in [-0.2, 0) is 6.54 Å². The van der Waals surface area contributed by atoms with Crippen LogP contribution in [0.5, 0.6) is 0 Å². The summed E-state index contributed by atoms with van der Waals surface area (Å²) in [4.78, 5) is 35.0. The van der Waals surface area contributed by atoms with Gasteiger partial charge in [0.15, 0.2) is 5.78 Å². The fourth-order valence-corrected chi connectivity index (χ4v) is 3.15. The number of pyridine rings is 1. The maximum Gasteiger partial charge on any atom is 0.285 e. The lowest BCUT2D eigenvalue weighted by Crippen LogP contribution is -2.23. The Morgan fingerprint density at radius 3 is 2.50 bits per heavy atom. The van der Waals surface area contributed by atoms with Crippen LogP contribution in [0, 0.1) is 36.7 Å². The van der Waals surface area contributed by atoms with E-state index in [1.807, 2.05) is 0 Å². The molecular weight excluding hydrogens is 365 g/mol. The normalized spacial score (nSPS) is 10.9. The number of carbonyl (C=O) groups excluding carboxylic acids is 1. The van der Waals surface area contributed by atoms with Crippen molar-refractivity contribution in [3.63, 3.8) is 0 Å². The van der Waals surface area contributed by atoms with Gasteiger partial charge in [0.05, 0.1) is 17.7 Å². The molecule has 7 nitrogen and oxygen atoms in total. The molecule has 0 atom stereocenters. The third kappa shape index (κ3) is 3.48. The zero-order valence-corrected chi connectivity index (χ0v) is 15.6. The van der Waals surface area contributed by atoms with Gasteiger partial charge < -0.3 is 9.13 Å². The molecule has 0 N–H and O–H groups in total. The molecule has 0 spiro atoms. The first-order valence-corrected chi connectivity index (χ1v) is 8.52. The van der Waals surface area contributed by atoms with Gasteiger partial charge in [-0.3, -0.25) is 19.7 Å². The summed E-state index contributed by atoms with van der Waals surface area (Å²) in [6.45, 7) is 4.86.